The molecule has 2 aromatic rings. The zero-order chi connectivity index (χ0) is 16.9. The van der Waals surface area contributed by atoms with Crippen LogP contribution in [0, 0.1) is 0 Å². The molecule has 0 aromatic heterocycles. The van der Waals surface area contributed by atoms with Crippen molar-refractivity contribution in [3.05, 3.63) is 53.1 Å². The average molecular weight is 324 g/mol. The maximum atomic E-state index is 10.2. The standard InChI is InChI=1S/C20H20O4/c1-20(2)10-9-15-14(6-7-16(22)19(15)24-20)17-8-4-12-3-5-13(21)11-18(12)23-17/h3,5-7,9-11,17,21-22H,4,8H2,1-2H3. The molecule has 0 saturated carbocycles. The minimum atomic E-state index is -0.449. The van der Waals surface area contributed by atoms with Gasteiger partial charge < -0.3 is 19.7 Å². The fraction of sp³-hybridized carbons (Fsp3) is 0.300. The summed E-state index contributed by atoms with van der Waals surface area (Å²) in [6.45, 7) is 3.91. The van der Waals surface area contributed by atoms with Gasteiger partial charge in [0.2, 0.25) is 0 Å². The van der Waals surface area contributed by atoms with Crippen LogP contribution in [0.15, 0.2) is 36.4 Å². The average Bonchev–Trinajstić information content (AvgIpc) is 2.54. The van der Waals surface area contributed by atoms with Crippen LogP contribution >= 0.6 is 0 Å². The zero-order valence-electron chi connectivity index (χ0n) is 13.7. The summed E-state index contributed by atoms with van der Waals surface area (Å²) in [5.41, 5.74) is 2.51. The number of phenols is 2. The Hall–Kier alpha value is -2.62. The van der Waals surface area contributed by atoms with Gasteiger partial charge in [0.15, 0.2) is 11.5 Å². The topological polar surface area (TPSA) is 58.9 Å². The maximum Gasteiger partial charge on any atom is 0.169 e. The molecular formula is C20H20O4. The maximum absolute atomic E-state index is 10.2. The van der Waals surface area contributed by atoms with Gasteiger partial charge in [0.1, 0.15) is 23.2 Å². The molecule has 1 unspecified atom stereocenters. The quantitative estimate of drug-likeness (QED) is 0.819. The summed E-state index contributed by atoms with van der Waals surface area (Å²) in [5.74, 6) is 1.56. The molecule has 2 aliphatic heterocycles. The van der Waals surface area contributed by atoms with Crippen molar-refractivity contribution in [1.29, 1.82) is 0 Å². The molecule has 4 heteroatoms. The van der Waals surface area contributed by atoms with Gasteiger partial charge >= 0.3 is 0 Å². The van der Waals surface area contributed by atoms with E-state index in [2.05, 4.69) is 0 Å². The van der Waals surface area contributed by atoms with Gasteiger partial charge in [-0.25, -0.2) is 0 Å². The largest absolute Gasteiger partial charge is 0.508 e. The van der Waals surface area contributed by atoms with Crippen molar-refractivity contribution >= 4 is 6.08 Å². The van der Waals surface area contributed by atoms with Gasteiger partial charge in [0.05, 0.1) is 0 Å². The van der Waals surface area contributed by atoms with Crippen molar-refractivity contribution in [1.82, 2.24) is 0 Å². The van der Waals surface area contributed by atoms with Crippen LogP contribution in [0.2, 0.25) is 0 Å². The molecule has 0 spiro atoms. The molecule has 2 aliphatic rings. The smallest absolute Gasteiger partial charge is 0.169 e. The van der Waals surface area contributed by atoms with Crippen LogP contribution in [0.3, 0.4) is 0 Å². The van der Waals surface area contributed by atoms with Crippen LogP contribution < -0.4 is 9.47 Å². The second kappa shape index (κ2) is 5.20. The minimum Gasteiger partial charge on any atom is -0.508 e. The van der Waals surface area contributed by atoms with Crippen molar-refractivity contribution < 1.29 is 19.7 Å². The number of fused-ring (bicyclic) bond motifs is 2. The van der Waals surface area contributed by atoms with E-state index in [0.29, 0.717) is 11.5 Å². The van der Waals surface area contributed by atoms with E-state index in [1.807, 2.05) is 38.1 Å². The highest BCUT2D eigenvalue weighted by Gasteiger charge is 2.30. The van der Waals surface area contributed by atoms with E-state index in [1.165, 1.54) is 0 Å². The van der Waals surface area contributed by atoms with Crippen molar-refractivity contribution in [3.63, 3.8) is 0 Å². The molecule has 0 aliphatic carbocycles. The minimum absolute atomic E-state index is 0.136. The lowest BCUT2D eigenvalue weighted by atomic mass is 9.91. The monoisotopic (exact) mass is 324 g/mol. The number of hydrogen-bond acceptors (Lipinski definition) is 4. The van der Waals surface area contributed by atoms with E-state index in [9.17, 15) is 10.2 Å². The lowest BCUT2D eigenvalue weighted by Gasteiger charge is -2.32. The third-order valence-corrected chi connectivity index (χ3v) is 4.57. The lowest BCUT2D eigenvalue weighted by molar-refractivity contribution is 0.148. The van der Waals surface area contributed by atoms with Gasteiger partial charge in [0, 0.05) is 17.2 Å². The van der Waals surface area contributed by atoms with Crippen LogP contribution in [0.4, 0.5) is 0 Å². The highest BCUT2D eigenvalue weighted by molar-refractivity contribution is 5.69. The Bertz CT molecular complexity index is 836. The number of ether oxygens (including phenoxy) is 2. The van der Waals surface area contributed by atoms with Gasteiger partial charge in [-0.1, -0.05) is 18.2 Å². The van der Waals surface area contributed by atoms with E-state index in [0.717, 1.165) is 29.5 Å². The summed E-state index contributed by atoms with van der Waals surface area (Å²) in [6, 6.07) is 8.79. The zero-order valence-corrected chi connectivity index (χ0v) is 13.7. The third-order valence-electron chi connectivity index (χ3n) is 4.57. The molecule has 24 heavy (non-hydrogen) atoms. The van der Waals surface area contributed by atoms with Crippen LogP contribution in [-0.4, -0.2) is 15.8 Å². The summed E-state index contributed by atoms with van der Waals surface area (Å²) in [7, 11) is 0. The molecular weight excluding hydrogens is 304 g/mol. The SMILES string of the molecule is CC1(C)C=Cc2c(C3CCc4ccc(O)cc4O3)ccc(O)c2O1. The number of benzene rings is 2. The van der Waals surface area contributed by atoms with Crippen LogP contribution in [-0.2, 0) is 6.42 Å². The molecule has 4 nitrogen and oxygen atoms in total. The first-order valence-electron chi connectivity index (χ1n) is 8.16. The van der Waals surface area contributed by atoms with E-state index in [4.69, 9.17) is 9.47 Å². The first kappa shape index (κ1) is 14.9. The summed E-state index contributed by atoms with van der Waals surface area (Å²) in [6.07, 6.45) is 5.57. The highest BCUT2D eigenvalue weighted by atomic mass is 16.5. The van der Waals surface area contributed by atoms with Gasteiger partial charge in [-0.05, 0) is 50.5 Å². The summed E-state index contributed by atoms with van der Waals surface area (Å²) in [5, 5.41) is 19.9. The lowest BCUT2D eigenvalue weighted by Crippen LogP contribution is -2.28. The van der Waals surface area contributed by atoms with E-state index >= 15 is 0 Å². The highest BCUT2D eigenvalue weighted by Crippen LogP contribution is 2.45. The number of aryl methyl sites for hydroxylation is 1. The summed E-state index contributed by atoms with van der Waals surface area (Å²) in [4.78, 5) is 0. The van der Waals surface area contributed by atoms with Crippen LogP contribution in [0.1, 0.15) is 43.1 Å². The molecule has 0 saturated heterocycles. The van der Waals surface area contributed by atoms with E-state index in [-0.39, 0.29) is 17.6 Å². The third kappa shape index (κ3) is 2.48. The molecule has 2 N–H and O–H groups in total. The van der Waals surface area contributed by atoms with Crippen molar-refractivity contribution in [2.24, 2.45) is 0 Å². The molecule has 0 radical (unpaired) electrons. The molecule has 124 valence electrons. The summed E-state index contributed by atoms with van der Waals surface area (Å²) < 4.78 is 12.1. The predicted octanol–water partition coefficient (Wildman–Crippen LogP) is 4.35. The van der Waals surface area contributed by atoms with Crippen LogP contribution in [0.5, 0.6) is 23.0 Å². The Morgan fingerprint density at radius 3 is 2.79 bits per heavy atom. The second-order valence-electron chi connectivity index (χ2n) is 6.89. The first-order chi connectivity index (χ1) is 11.4. The molecule has 4 rings (SSSR count). The Labute approximate surface area is 141 Å². The fourth-order valence-corrected chi connectivity index (χ4v) is 3.32. The number of phenolic OH excluding ortho intramolecular Hbond substituents is 2. The Morgan fingerprint density at radius 2 is 1.96 bits per heavy atom. The van der Waals surface area contributed by atoms with Gasteiger partial charge in [-0.2, -0.15) is 0 Å². The molecule has 0 fully saturated rings. The van der Waals surface area contributed by atoms with E-state index in [1.54, 1.807) is 18.2 Å². The Balaban J connectivity index is 1.74. The number of rotatable bonds is 1. The van der Waals surface area contributed by atoms with Crippen LogP contribution in [0.25, 0.3) is 6.08 Å². The predicted molar refractivity (Wildman–Crippen MR) is 91.6 cm³/mol. The normalized spacial score (nSPS) is 20.5. The Morgan fingerprint density at radius 1 is 1.12 bits per heavy atom. The van der Waals surface area contributed by atoms with Crippen molar-refractivity contribution in [3.8, 4) is 23.0 Å². The fourth-order valence-electron chi connectivity index (χ4n) is 3.32. The second-order valence-corrected chi connectivity index (χ2v) is 6.89. The number of hydrogen-bond donors (Lipinski definition) is 2. The van der Waals surface area contributed by atoms with Crippen molar-refractivity contribution in [2.75, 3.05) is 0 Å². The van der Waals surface area contributed by atoms with Crippen molar-refractivity contribution in [2.45, 2.75) is 38.4 Å². The van der Waals surface area contributed by atoms with Gasteiger partial charge in [0.25, 0.3) is 0 Å². The molecule has 1 atom stereocenters. The molecule has 0 amide bonds. The first-order valence-corrected chi connectivity index (χ1v) is 8.16. The molecule has 2 aromatic carbocycles. The number of aromatic hydroxyl groups is 2. The van der Waals surface area contributed by atoms with Gasteiger partial charge in [-0.3, -0.25) is 0 Å². The Kier molecular flexibility index (Phi) is 3.23. The van der Waals surface area contributed by atoms with Gasteiger partial charge in [-0.15, -0.1) is 0 Å². The van der Waals surface area contributed by atoms with E-state index < -0.39 is 5.60 Å². The summed E-state index contributed by atoms with van der Waals surface area (Å²) >= 11 is 0. The molecule has 2 heterocycles. The molecule has 0 bridgehead atoms.